The summed E-state index contributed by atoms with van der Waals surface area (Å²) in [4.78, 5) is 26.4. The number of fused-ring (bicyclic) bond motifs is 1. The van der Waals surface area contributed by atoms with Crippen molar-refractivity contribution in [3.8, 4) is 0 Å². The monoisotopic (exact) mass is 312 g/mol. The molecule has 2 aliphatic rings. The maximum atomic E-state index is 12.4. The molecule has 2 heterocycles. The molecule has 6 nitrogen and oxygen atoms in total. The SMILES string of the molecule is O=C(NC1CCCC1)C1CC(=O)N(c2n[nH]c3ccccc23)C1. The van der Waals surface area contributed by atoms with Crippen molar-refractivity contribution in [1.82, 2.24) is 15.5 Å². The average Bonchev–Trinajstić information content (AvgIpc) is 3.26. The molecule has 1 aliphatic heterocycles. The van der Waals surface area contributed by atoms with Gasteiger partial charge in [0.05, 0.1) is 11.4 Å². The standard InChI is InChI=1S/C17H20N4O2/c22-15-9-11(17(23)18-12-5-1-2-6-12)10-21(15)16-13-7-3-4-8-14(13)19-20-16/h3-4,7-8,11-12H,1-2,5-6,9-10H2,(H,18,23)(H,19,20). The zero-order chi connectivity index (χ0) is 15.8. The molecule has 0 bridgehead atoms. The first-order chi connectivity index (χ1) is 11.2. The Labute approximate surface area is 134 Å². The van der Waals surface area contributed by atoms with Gasteiger partial charge in [-0.05, 0) is 25.0 Å². The number of carbonyl (C=O) groups excluding carboxylic acids is 2. The third kappa shape index (κ3) is 2.58. The van der Waals surface area contributed by atoms with Crippen molar-refractivity contribution in [2.75, 3.05) is 11.4 Å². The van der Waals surface area contributed by atoms with Crippen LogP contribution in [0.3, 0.4) is 0 Å². The molecule has 1 aliphatic carbocycles. The molecule has 1 atom stereocenters. The number of hydrogen-bond acceptors (Lipinski definition) is 3. The van der Waals surface area contributed by atoms with Gasteiger partial charge in [-0.2, -0.15) is 5.10 Å². The Morgan fingerprint density at radius 2 is 2.04 bits per heavy atom. The lowest BCUT2D eigenvalue weighted by Crippen LogP contribution is -2.38. The number of para-hydroxylation sites is 1. The van der Waals surface area contributed by atoms with Gasteiger partial charge in [0, 0.05) is 24.4 Å². The van der Waals surface area contributed by atoms with Gasteiger partial charge in [-0.3, -0.25) is 19.6 Å². The molecular weight excluding hydrogens is 292 g/mol. The number of hydrogen-bond donors (Lipinski definition) is 2. The van der Waals surface area contributed by atoms with Crippen LogP contribution >= 0.6 is 0 Å². The lowest BCUT2D eigenvalue weighted by molar-refractivity contribution is -0.126. The molecule has 2 amide bonds. The third-order valence-electron chi connectivity index (χ3n) is 4.90. The van der Waals surface area contributed by atoms with E-state index in [0.29, 0.717) is 12.4 Å². The maximum Gasteiger partial charge on any atom is 0.229 e. The van der Waals surface area contributed by atoms with E-state index in [0.717, 1.165) is 23.7 Å². The zero-order valence-electron chi connectivity index (χ0n) is 12.9. The van der Waals surface area contributed by atoms with E-state index in [2.05, 4.69) is 15.5 Å². The van der Waals surface area contributed by atoms with Crippen LogP contribution in [-0.2, 0) is 9.59 Å². The molecule has 1 unspecified atom stereocenters. The first-order valence-corrected chi connectivity index (χ1v) is 8.26. The first-order valence-electron chi connectivity index (χ1n) is 8.26. The molecule has 0 radical (unpaired) electrons. The number of amides is 2. The van der Waals surface area contributed by atoms with Crippen LogP contribution in [0.25, 0.3) is 10.9 Å². The summed E-state index contributed by atoms with van der Waals surface area (Å²) in [6.07, 6.45) is 4.74. The van der Waals surface area contributed by atoms with Crippen molar-refractivity contribution >= 4 is 28.5 Å². The third-order valence-corrected chi connectivity index (χ3v) is 4.90. The number of carbonyl (C=O) groups is 2. The second-order valence-electron chi connectivity index (χ2n) is 6.49. The fourth-order valence-electron chi connectivity index (χ4n) is 3.63. The quantitative estimate of drug-likeness (QED) is 0.909. The topological polar surface area (TPSA) is 78.1 Å². The van der Waals surface area contributed by atoms with Crippen LogP contribution in [0.1, 0.15) is 32.1 Å². The average molecular weight is 312 g/mol. The molecule has 4 rings (SSSR count). The fourth-order valence-corrected chi connectivity index (χ4v) is 3.63. The van der Waals surface area contributed by atoms with E-state index in [1.165, 1.54) is 12.8 Å². The lowest BCUT2D eigenvalue weighted by atomic mass is 10.1. The molecule has 1 aromatic carbocycles. The van der Waals surface area contributed by atoms with Crippen molar-refractivity contribution in [3.63, 3.8) is 0 Å². The minimum atomic E-state index is -0.279. The second-order valence-corrected chi connectivity index (χ2v) is 6.49. The molecule has 1 saturated carbocycles. The Morgan fingerprint density at radius 3 is 2.87 bits per heavy atom. The predicted octanol–water partition coefficient (Wildman–Crippen LogP) is 1.97. The van der Waals surface area contributed by atoms with Crippen LogP contribution in [-0.4, -0.2) is 34.6 Å². The van der Waals surface area contributed by atoms with Crippen molar-refractivity contribution in [2.45, 2.75) is 38.1 Å². The Bertz CT molecular complexity index is 748. The van der Waals surface area contributed by atoms with Gasteiger partial charge in [0.1, 0.15) is 0 Å². The summed E-state index contributed by atoms with van der Waals surface area (Å²) in [6.45, 7) is 0.409. The summed E-state index contributed by atoms with van der Waals surface area (Å²) in [5.41, 5.74) is 0.897. The Morgan fingerprint density at radius 1 is 1.26 bits per heavy atom. The number of nitrogens with one attached hydrogen (secondary N) is 2. The number of H-pyrrole nitrogens is 1. The fraction of sp³-hybridized carbons (Fsp3) is 0.471. The molecule has 1 aromatic heterocycles. The maximum absolute atomic E-state index is 12.4. The summed E-state index contributed by atoms with van der Waals surface area (Å²) >= 11 is 0. The number of rotatable bonds is 3. The largest absolute Gasteiger partial charge is 0.353 e. The van der Waals surface area contributed by atoms with Crippen molar-refractivity contribution in [3.05, 3.63) is 24.3 Å². The van der Waals surface area contributed by atoms with Crippen LogP contribution in [0.15, 0.2) is 24.3 Å². The molecule has 1 saturated heterocycles. The van der Waals surface area contributed by atoms with E-state index < -0.39 is 0 Å². The molecular formula is C17H20N4O2. The number of benzene rings is 1. The minimum absolute atomic E-state index is 0.00703. The van der Waals surface area contributed by atoms with Gasteiger partial charge >= 0.3 is 0 Å². The van der Waals surface area contributed by atoms with E-state index in [1.54, 1.807) is 4.90 Å². The highest BCUT2D eigenvalue weighted by atomic mass is 16.2. The highest BCUT2D eigenvalue weighted by Gasteiger charge is 2.37. The van der Waals surface area contributed by atoms with Gasteiger partial charge in [0.25, 0.3) is 0 Å². The lowest BCUT2D eigenvalue weighted by Gasteiger charge is -2.16. The number of aromatic amines is 1. The Kier molecular flexibility index (Phi) is 3.52. The number of anilines is 1. The van der Waals surface area contributed by atoms with Crippen molar-refractivity contribution in [2.24, 2.45) is 5.92 Å². The zero-order valence-corrected chi connectivity index (χ0v) is 12.9. The summed E-state index contributed by atoms with van der Waals surface area (Å²) in [5.74, 6) is 0.321. The van der Waals surface area contributed by atoms with Crippen LogP contribution in [0.4, 0.5) is 5.82 Å². The molecule has 2 aromatic rings. The summed E-state index contributed by atoms with van der Waals surface area (Å²) in [6, 6.07) is 8.00. The van der Waals surface area contributed by atoms with E-state index in [-0.39, 0.29) is 30.2 Å². The molecule has 120 valence electrons. The Hall–Kier alpha value is -2.37. The van der Waals surface area contributed by atoms with Crippen LogP contribution < -0.4 is 10.2 Å². The van der Waals surface area contributed by atoms with E-state index in [1.807, 2.05) is 24.3 Å². The highest BCUT2D eigenvalue weighted by Crippen LogP contribution is 2.30. The van der Waals surface area contributed by atoms with Crippen molar-refractivity contribution < 1.29 is 9.59 Å². The molecule has 0 spiro atoms. The summed E-state index contributed by atoms with van der Waals surface area (Å²) < 4.78 is 0. The van der Waals surface area contributed by atoms with Crippen LogP contribution in [0.2, 0.25) is 0 Å². The Balaban J connectivity index is 1.50. The van der Waals surface area contributed by atoms with Gasteiger partial charge in [-0.1, -0.05) is 25.0 Å². The van der Waals surface area contributed by atoms with Gasteiger partial charge in [-0.15, -0.1) is 0 Å². The van der Waals surface area contributed by atoms with Gasteiger partial charge in [0.15, 0.2) is 5.82 Å². The van der Waals surface area contributed by atoms with Crippen LogP contribution in [0.5, 0.6) is 0 Å². The van der Waals surface area contributed by atoms with E-state index >= 15 is 0 Å². The van der Waals surface area contributed by atoms with Crippen LogP contribution in [0, 0.1) is 5.92 Å². The minimum Gasteiger partial charge on any atom is -0.353 e. The second kappa shape index (κ2) is 5.68. The van der Waals surface area contributed by atoms with Gasteiger partial charge < -0.3 is 5.32 Å². The summed E-state index contributed by atoms with van der Waals surface area (Å²) in [7, 11) is 0. The predicted molar refractivity (Wildman–Crippen MR) is 87.0 cm³/mol. The van der Waals surface area contributed by atoms with Crippen molar-refractivity contribution in [1.29, 1.82) is 0 Å². The molecule has 6 heteroatoms. The van der Waals surface area contributed by atoms with Gasteiger partial charge in [0.2, 0.25) is 11.8 Å². The first kappa shape index (κ1) is 14.2. The highest BCUT2D eigenvalue weighted by molar-refractivity contribution is 6.05. The number of aromatic nitrogens is 2. The smallest absolute Gasteiger partial charge is 0.229 e. The summed E-state index contributed by atoms with van der Waals surface area (Å²) in [5, 5.41) is 11.2. The molecule has 23 heavy (non-hydrogen) atoms. The number of nitrogens with zero attached hydrogens (tertiary/aromatic N) is 2. The molecule has 2 fully saturated rings. The van der Waals surface area contributed by atoms with E-state index in [4.69, 9.17) is 0 Å². The normalized spacial score (nSPS) is 22.2. The van der Waals surface area contributed by atoms with Gasteiger partial charge in [-0.25, -0.2) is 0 Å². The van der Waals surface area contributed by atoms with E-state index in [9.17, 15) is 9.59 Å². The molecule has 2 N–H and O–H groups in total.